The minimum absolute atomic E-state index is 0.0157. The van der Waals surface area contributed by atoms with Gasteiger partial charge in [-0.15, -0.1) is 0 Å². The SMILES string of the molecule is O=C(Cn1ncc2ccccc2c1=O)NCCCS(=O)(=O)Cc1ccccc1. The molecule has 0 fully saturated rings. The van der Waals surface area contributed by atoms with Crippen LogP contribution in [0.3, 0.4) is 0 Å². The number of nitrogens with one attached hydrogen (secondary N) is 1. The van der Waals surface area contributed by atoms with Gasteiger partial charge in [-0.3, -0.25) is 9.59 Å². The number of amides is 1. The van der Waals surface area contributed by atoms with E-state index in [1.54, 1.807) is 48.7 Å². The lowest BCUT2D eigenvalue weighted by Crippen LogP contribution is -2.34. The lowest BCUT2D eigenvalue weighted by Gasteiger charge is -2.08. The monoisotopic (exact) mass is 399 g/mol. The number of hydrogen-bond acceptors (Lipinski definition) is 5. The number of rotatable bonds is 8. The van der Waals surface area contributed by atoms with Gasteiger partial charge in [-0.05, 0) is 18.1 Å². The van der Waals surface area contributed by atoms with Crippen molar-refractivity contribution in [3.63, 3.8) is 0 Å². The highest BCUT2D eigenvalue weighted by atomic mass is 32.2. The summed E-state index contributed by atoms with van der Waals surface area (Å²) in [6, 6.07) is 16.0. The minimum atomic E-state index is -3.24. The standard InChI is InChI=1S/C20H21N3O4S/c24-19(14-23-20(25)18-10-5-4-9-17(18)13-22-23)21-11-6-12-28(26,27)15-16-7-2-1-3-8-16/h1-5,7-10,13H,6,11-12,14-15H2,(H,21,24). The van der Waals surface area contributed by atoms with E-state index >= 15 is 0 Å². The number of carbonyl (C=O) groups excluding carboxylic acids is 1. The third kappa shape index (κ3) is 5.26. The topological polar surface area (TPSA) is 98.1 Å². The van der Waals surface area contributed by atoms with E-state index in [9.17, 15) is 18.0 Å². The summed E-state index contributed by atoms with van der Waals surface area (Å²) in [5, 5.41) is 7.86. The van der Waals surface area contributed by atoms with Gasteiger partial charge in [0.05, 0.1) is 23.1 Å². The Bertz CT molecular complexity index is 1120. The Balaban J connectivity index is 1.48. The van der Waals surface area contributed by atoms with Gasteiger partial charge in [0.15, 0.2) is 9.84 Å². The van der Waals surface area contributed by atoms with Crippen molar-refractivity contribution in [1.82, 2.24) is 15.1 Å². The van der Waals surface area contributed by atoms with E-state index in [4.69, 9.17) is 0 Å². The molecular formula is C20H21N3O4S. The lowest BCUT2D eigenvalue weighted by atomic mass is 10.2. The molecule has 146 valence electrons. The van der Waals surface area contributed by atoms with Gasteiger partial charge in [-0.2, -0.15) is 5.10 Å². The maximum Gasteiger partial charge on any atom is 0.275 e. The van der Waals surface area contributed by atoms with Crippen LogP contribution in [0.15, 0.2) is 65.6 Å². The van der Waals surface area contributed by atoms with E-state index in [2.05, 4.69) is 10.4 Å². The van der Waals surface area contributed by atoms with E-state index in [1.165, 1.54) is 0 Å². The smallest absolute Gasteiger partial charge is 0.275 e. The maximum atomic E-state index is 12.3. The van der Waals surface area contributed by atoms with Crippen LogP contribution in [0.5, 0.6) is 0 Å². The predicted octanol–water partition coefficient (Wildman–Crippen LogP) is 1.52. The fraction of sp³-hybridized carbons (Fsp3) is 0.250. The minimum Gasteiger partial charge on any atom is -0.354 e. The summed E-state index contributed by atoms with van der Waals surface area (Å²) in [5.74, 6) is -0.417. The molecule has 0 aliphatic carbocycles. The first-order valence-corrected chi connectivity index (χ1v) is 10.7. The number of fused-ring (bicyclic) bond motifs is 1. The Morgan fingerprint density at radius 2 is 1.75 bits per heavy atom. The molecule has 0 atom stereocenters. The highest BCUT2D eigenvalue weighted by Gasteiger charge is 2.12. The van der Waals surface area contributed by atoms with E-state index in [0.29, 0.717) is 17.2 Å². The summed E-state index contributed by atoms with van der Waals surface area (Å²) in [5.41, 5.74) is 0.409. The molecule has 0 spiro atoms. The van der Waals surface area contributed by atoms with E-state index < -0.39 is 9.84 Å². The van der Waals surface area contributed by atoms with Crippen LogP contribution in [-0.2, 0) is 26.9 Å². The molecular weight excluding hydrogens is 378 g/mol. The summed E-state index contributed by atoms with van der Waals surface area (Å²) in [6.07, 6.45) is 1.85. The van der Waals surface area contributed by atoms with Crippen molar-refractivity contribution < 1.29 is 13.2 Å². The summed E-state index contributed by atoms with van der Waals surface area (Å²) >= 11 is 0. The maximum absolute atomic E-state index is 12.3. The number of hydrogen-bond donors (Lipinski definition) is 1. The summed E-state index contributed by atoms with van der Waals surface area (Å²) in [6.45, 7) is 0.00954. The molecule has 0 unspecified atom stereocenters. The van der Waals surface area contributed by atoms with Gasteiger partial charge < -0.3 is 5.32 Å². The van der Waals surface area contributed by atoms with Crippen LogP contribution in [0, 0.1) is 0 Å². The summed E-state index contributed by atoms with van der Waals surface area (Å²) < 4.78 is 25.4. The number of sulfone groups is 1. The molecule has 1 amide bonds. The fourth-order valence-corrected chi connectivity index (χ4v) is 4.28. The van der Waals surface area contributed by atoms with Crippen LogP contribution in [0.2, 0.25) is 0 Å². The largest absolute Gasteiger partial charge is 0.354 e. The van der Waals surface area contributed by atoms with Crippen molar-refractivity contribution in [3.05, 3.63) is 76.7 Å². The zero-order valence-electron chi connectivity index (χ0n) is 15.2. The second kappa shape index (κ2) is 8.79. The van der Waals surface area contributed by atoms with Crippen molar-refractivity contribution in [1.29, 1.82) is 0 Å². The number of carbonyl (C=O) groups is 1. The molecule has 0 saturated heterocycles. The Kier molecular flexibility index (Phi) is 6.20. The molecule has 1 N–H and O–H groups in total. The first-order valence-electron chi connectivity index (χ1n) is 8.90. The highest BCUT2D eigenvalue weighted by Crippen LogP contribution is 2.07. The molecule has 8 heteroatoms. The molecule has 0 saturated carbocycles. The molecule has 1 aromatic heterocycles. The quantitative estimate of drug-likeness (QED) is 0.579. The Morgan fingerprint density at radius 3 is 2.54 bits per heavy atom. The third-order valence-electron chi connectivity index (χ3n) is 4.24. The fourth-order valence-electron chi connectivity index (χ4n) is 2.85. The van der Waals surface area contributed by atoms with Crippen LogP contribution in [0.4, 0.5) is 0 Å². The Hall–Kier alpha value is -3.00. The lowest BCUT2D eigenvalue weighted by molar-refractivity contribution is -0.121. The molecule has 2 aromatic carbocycles. The van der Waals surface area contributed by atoms with Crippen molar-refractivity contribution in [2.24, 2.45) is 0 Å². The zero-order chi connectivity index (χ0) is 20.0. The molecule has 0 aliphatic rings. The van der Waals surface area contributed by atoms with E-state index in [0.717, 1.165) is 10.2 Å². The number of aromatic nitrogens is 2. The van der Waals surface area contributed by atoms with Crippen molar-refractivity contribution in [3.8, 4) is 0 Å². The van der Waals surface area contributed by atoms with Gasteiger partial charge in [0.25, 0.3) is 5.56 Å². The first kappa shape index (κ1) is 19.8. The van der Waals surface area contributed by atoms with Crippen LogP contribution in [-0.4, -0.2) is 36.4 Å². The molecule has 3 aromatic rings. The van der Waals surface area contributed by atoms with Gasteiger partial charge in [0, 0.05) is 11.9 Å². The zero-order valence-corrected chi connectivity index (χ0v) is 16.1. The predicted molar refractivity (Wildman–Crippen MR) is 108 cm³/mol. The average molecular weight is 399 g/mol. The molecule has 3 rings (SSSR count). The summed E-state index contributed by atoms with van der Waals surface area (Å²) in [7, 11) is -3.24. The molecule has 1 heterocycles. The van der Waals surface area contributed by atoms with Gasteiger partial charge in [-0.25, -0.2) is 13.1 Å². The van der Waals surface area contributed by atoms with Gasteiger partial charge in [0.2, 0.25) is 5.91 Å². The van der Waals surface area contributed by atoms with E-state index in [-0.39, 0.29) is 36.1 Å². The second-order valence-electron chi connectivity index (χ2n) is 6.48. The van der Waals surface area contributed by atoms with E-state index in [1.807, 2.05) is 12.1 Å². The highest BCUT2D eigenvalue weighted by molar-refractivity contribution is 7.90. The average Bonchev–Trinajstić information content (AvgIpc) is 2.68. The normalized spacial score (nSPS) is 11.4. The Morgan fingerprint density at radius 1 is 1.04 bits per heavy atom. The molecule has 28 heavy (non-hydrogen) atoms. The van der Waals surface area contributed by atoms with Gasteiger partial charge in [-0.1, -0.05) is 48.5 Å². The van der Waals surface area contributed by atoms with Crippen molar-refractivity contribution in [2.75, 3.05) is 12.3 Å². The van der Waals surface area contributed by atoms with Crippen LogP contribution < -0.4 is 10.9 Å². The van der Waals surface area contributed by atoms with Gasteiger partial charge >= 0.3 is 0 Å². The second-order valence-corrected chi connectivity index (χ2v) is 8.66. The van der Waals surface area contributed by atoms with Crippen LogP contribution in [0.1, 0.15) is 12.0 Å². The third-order valence-corrected chi connectivity index (χ3v) is 5.92. The summed E-state index contributed by atoms with van der Waals surface area (Å²) in [4.78, 5) is 24.4. The number of nitrogens with zero attached hydrogens (tertiary/aromatic N) is 2. The van der Waals surface area contributed by atoms with Gasteiger partial charge in [0.1, 0.15) is 6.54 Å². The van der Waals surface area contributed by atoms with Crippen molar-refractivity contribution in [2.45, 2.75) is 18.7 Å². The van der Waals surface area contributed by atoms with Crippen LogP contribution >= 0.6 is 0 Å². The van der Waals surface area contributed by atoms with Crippen molar-refractivity contribution >= 4 is 26.5 Å². The molecule has 7 nitrogen and oxygen atoms in total. The molecule has 0 bridgehead atoms. The molecule has 0 aliphatic heterocycles. The Labute approximate surface area is 162 Å². The van der Waals surface area contributed by atoms with Crippen LogP contribution in [0.25, 0.3) is 10.8 Å². The molecule has 0 radical (unpaired) electrons. The number of benzene rings is 2. The first-order chi connectivity index (χ1) is 13.4.